The van der Waals surface area contributed by atoms with Crippen molar-refractivity contribution >= 4 is 26.6 Å². The molecule has 5 heteroatoms. The van der Waals surface area contributed by atoms with Crippen molar-refractivity contribution in [3.8, 4) is 0 Å². The van der Waals surface area contributed by atoms with Crippen molar-refractivity contribution in [3.63, 3.8) is 0 Å². The minimum atomic E-state index is -0.273. The number of ether oxygens (including phenoxy) is 1. The zero-order chi connectivity index (χ0) is 12.1. The van der Waals surface area contributed by atoms with Crippen molar-refractivity contribution in [1.29, 1.82) is 0 Å². The van der Waals surface area contributed by atoms with Gasteiger partial charge in [0.15, 0.2) is 0 Å². The smallest absolute Gasteiger partial charge is 0.250 e. The largest absolute Gasteiger partial charge is 0.444 e. The molecule has 0 N–H and O–H groups in total. The lowest BCUT2D eigenvalue weighted by Crippen LogP contribution is -2.40. The average Bonchev–Trinajstić information content (AvgIpc) is 2.13. The summed E-state index contributed by atoms with van der Waals surface area (Å²) >= 11 is 4.24. The summed E-state index contributed by atoms with van der Waals surface area (Å²) in [6, 6.07) is 0. The summed E-state index contributed by atoms with van der Waals surface area (Å²) in [7, 11) is 1.86. The first-order valence-corrected chi connectivity index (χ1v) is 6.08. The van der Waals surface area contributed by atoms with Crippen molar-refractivity contribution in [1.82, 2.24) is 0 Å². The highest BCUT2D eigenvalue weighted by molar-refractivity contribution is 7.80. The van der Waals surface area contributed by atoms with Crippen LogP contribution in [0.1, 0.15) is 27.7 Å². The molecule has 0 atom stereocenters. The van der Waals surface area contributed by atoms with Crippen LogP contribution in [0.5, 0.6) is 0 Å². The zero-order valence-corrected chi connectivity index (χ0v) is 11.7. The molecule has 0 bridgehead atoms. The molecule has 2 nitrogen and oxygen atoms in total. The second-order valence-corrected chi connectivity index (χ2v) is 5.78. The van der Waals surface area contributed by atoms with E-state index in [2.05, 4.69) is 26.3 Å². The van der Waals surface area contributed by atoms with Crippen LogP contribution in [0.4, 0.5) is 0 Å². The predicted octanol–water partition coefficient (Wildman–Crippen LogP) is 2.38. The quantitative estimate of drug-likeness (QED) is 0.533. The normalized spacial score (nSPS) is 12.7. The Morgan fingerprint density at radius 1 is 1.13 bits per heavy atom. The third-order valence-electron chi connectivity index (χ3n) is 1.85. The Labute approximate surface area is 101 Å². The molecule has 0 saturated heterocycles. The predicted molar refractivity (Wildman–Crippen MR) is 72.3 cm³/mol. The van der Waals surface area contributed by atoms with Crippen LogP contribution in [-0.2, 0) is 9.39 Å². The molecule has 0 saturated carbocycles. The lowest BCUT2D eigenvalue weighted by Gasteiger charge is -2.32. The number of hydrogen-bond acceptors (Lipinski definition) is 3. The van der Waals surface area contributed by atoms with Gasteiger partial charge in [0.2, 0.25) is 7.37 Å². The fourth-order valence-electron chi connectivity index (χ4n) is 0.769. The first-order chi connectivity index (χ1) is 6.68. The summed E-state index contributed by atoms with van der Waals surface area (Å²) < 4.78 is 11.4. The third-order valence-corrected chi connectivity index (χ3v) is 2.61. The lowest BCUT2D eigenvalue weighted by atomic mass is 9.32. The minimum Gasteiger partial charge on any atom is -0.444 e. The summed E-state index contributed by atoms with van der Waals surface area (Å²) in [5, 5.41) is 0. The van der Waals surface area contributed by atoms with Crippen molar-refractivity contribution in [2.45, 2.75) is 52.5 Å². The van der Waals surface area contributed by atoms with E-state index in [1.807, 2.05) is 35.1 Å². The Bertz CT molecular complexity index is 184. The molecule has 0 aliphatic rings. The highest BCUT2D eigenvalue weighted by atomic mass is 32.1. The van der Waals surface area contributed by atoms with E-state index in [0.717, 1.165) is 0 Å². The monoisotopic (exact) mass is 229 g/mol. The van der Waals surface area contributed by atoms with Crippen molar-refractivity contribution in [2.75, 3.05) is 12.4 Å². The summed E-state index contributed by atoms with van der Waals surface area (Å²) in [4.78, 5) is 0. The van der Waals surface area contributed by atoms with Crippen LogP contribution in [0, 0.1) is 0 Å². The number of thiol groups is 1. The maximum atomic E-state index is 5.75. The maximum Gasteiger partial charge on any atom is 0.250 e. The Morgan fingerprint density at radius 3 is 2.07 bits per heavy atom. The van der Waals surface area contributed by atoms with Gasteiger partial charge in [-0.3, -0.25) is 0 Å². The molecule has 0 aromatic rings. The Hall–Kier alpha value is 0.400. The molecule has 0 spiro atoms. The molecule has 0 heterocycles. The topological polar surface area (TPSA) is 18.5 Å². The second kappa shape index (κ2) is 6.21. The average molecular weight is 229 g/mol. The molecule has 0 aromatic heterocycles. The van der Waals surface area contributed by atoms with Crippen LogP contribution < -0.4 is 0 Å². The van der Waals surface area contributed by atoms with E-state index in [1.165, 1.54) is 0 Å². The maximum absolute atomic E-state index is 5.75. The first kappa shape index (κ1) is 15.4. The van der Waals surface area contributed by atoms with Gasteiger partial charge in [-0.15, -0.1) is 0 Å². The Morgan fingerprint density at radius 2 is 1.67 bits per heavy atom. The molecule has 0 amide bonds. The summed E-state index contributed by atoms with van der Waals surface area (Å²) in [6.07, 6.45) is 0. The van der Waals surface area contributed by atoms with E-state index < -0.39 is 0 Å². The van der Waals surface area contributed by atoms with Crippen LogP contribution >= 0.6 is 12.6 Å². The standard InChI is InChI=1S/C10H23B2O2S/c1-9(2,14-11-12(5)6)7-13-10(3,4)8-15/h15H,7-8H2,1-6H3. The van der Waals surface area contributed by atoms with Crippen LogP contribution in [-0.4, -0.2) is 37.5 Å². The van der Waals surface area contributed by atoms with Crippen LogP contribution in [0.25, 0.3) is 0 Å². The first-order valence-electron chi connectivity index (χ1n) is 5.44. The molecule has 0 aliphatic heterocycles. The molecular weight excluding hydrogens is 206 g/mol. The highest BCUT2D eigenvalue weighted by Gasteiger charge is 2.24. The molecule has 0 fully saturated rings. The van der Waals surface area contributed by atoms with E-state index in [4.69, 9.17) is 9.39 Å². The highest BCUT2D eigenvalue weighted by Crippen LogP contribution is 2.16. The van der Waals surface area contributed by atoms with Gasteiger partial charge in [0.1, 0.15) is 6.60 Å². The van der Waals surface area contributed by atoms with Gasteiger partial charge in [-0.2, -0.15) is 12.6 Å². The van der Waals surface area contributed by atoms with Gasteiger partial charge >= 0.3 is 0 Å². The molecule has 1 radical (unpaired) electrons. The molecular formula is C10H23B2O2S. The summed E-state index contributed by atoms with van der Waals surface area (Å²) in [5.74, 6) is 0.705. The number of rotatable bonds is 7. The summed E-state index contributed by atoms with van der Waals surface area (Å²) in [5.41, 5.74) is -0.466. The van der Waals surface area contributed by atoms with Gasteiger partial charge in [0.05, 0.1) is 17.8 Å². The van der Waals surface area contributed by atoms with E-state index in [9.17, 15) is 0 Å². The SMILES string of the molecule is CB(C)[B]OC(C)(C)COC(C)(C)CS. The van der Waals surface area contributed by atoms with Crippen LogP contribution in [0.15, 0.2) is 0 Å². The molecule has 15 heavy (non-hydrogen) atoms. The van der Waals surface area contributed by atoms with Crippen molar-refractivity contribution in [2.24, 2.45) is 0 Å². The molecule has 0 rings (SSSR count). The van der Waals surface area contributed by atoms with Gasteiger partial charge in [-0.05, 0) is 27.7 Å². The Balaban J connectivity index is 3.93. The minimum absolute atomic E-state index is 0.193. The summed E-state index contributed by atoms with van der Waals surface area (Å²) in [6.45, 7) is 13.3. The molecule has 0 aromatic carbocycles. The molecule has 0 aliphatic carbocycles. The van der Waals surface area contributed by atoms with Crippen molar-refractivity contribution < 1.29 is 9.39 Å². The van der Waals surface area contributed by atoms with Gasteiger partial charge in [-0.25, -0.2) is 0 Å². The Kier molecular flexibility index (Phi) is 6.38. The third kappa shape index (κ3) is 8.23. The zero-order valence-electron chi connectivity index (χ0n) is 10.8. The van der Waals surface area contributed by atoms with Crippen LogP contribution in [0.2, 0.25) is 13.6 Å². The van der Waals surface area contributed by atoms with Gasteiger partial charge < -0.3 is 9.39 Å². The fourth-order valence-corrected chi connectivity index (χ4v) is 0.860. The van der Waals surface area contributed by atoms with Crippen LogP contribution in [0.3, 0.4) is 0 Å². The van der Waals surface area contributed by atoms with Gasteiger partial charge in [0.25, 0.3) is 0 Å². The van der Waals surface area contributed by atoms with E-state index >= 15 is 0 Å². The van der Waals surface area contributed by atoms with E-state index in [0.29, 0.717) is 19.0 Å². The van der Waals surface area contributed by atoms with Crippen molar-refractivity contribution in [3.05, 3.63) is 0 Å². The van der Waals surface area contributed by atoms with Gasteiger partial charge in [-0.1, -0.05) is 13.6 Å². The van der Waals surface area contributed by atoms with E-state index in [1.54, 1.807) is 0 Å². The fraction of sp³-hybridized carbons (Fsp3) is 1.00. The second-order valence-electron chi connectivity index (χ2n) is 5.46. The van der Waals surface area contributed by atoms with Gasteiger partial charge in [0, 0.05) is 5.75 Å². The molecule has 87 valence electrons. The number of hydrogen-bond donors (Lipinski definition) is 1. The molecule has 0 unspecified atom stereocenters. The van der Waals surface area contributed by atoms with E-state index in [-0.39, 0.29) is 11.2 Å². The lowest BCUT2D eigenvalue weighted by molar-refractivity contribution is -0.0685.